The molecule has 0 N–H and O–H groups in total. The molecule has 0 bridgehead atoms. The first-order valence-corrected chi connectivity index (χ1v) is 5.96. The first-order chi connectivity index (χ1) is 8.67. The molecular formula is C14H18FNO2. The van der Waals surface area contributed by atoms with E-state index in [2.05, 4.69) is 6.07 Å². The van der Waals surface area contributed by atoms with Crippen LogP contribution in [0.15, 0.2) is 24.3 Å². The van der Waals surface area contributed by atoms with Crippen molar-refractivity contribution >= 4 is 0 Å². The van der Waals surface area contributed by atoms with Gasteiger partial charge in [-0.05, 0) is 31.5 Å². The molecule has 0 fully saturated rings. The largest absolute Gasteiger partial charge is 0.491 e. The van der Waals surface area contributed by atoms with E-state index in [1.165, 1.54) is 0 Å². The summed E-state index contributed by atoms with van der Waals surface area (Å²) in [7, 11) is 0. The van der Waals surface area contributed by atoms with E-state index in [0.717, 1.165) is 5.56 Å². The molecule has 1 aromatic rings. The van der Waals surface area contributed by atoms with Gasteiger partial charge in [0.15, 0.2) is 0 Å². The van der Waals surface area contributed by atoms with Crippen molar-refractivity contribution in [2.45, 2.75) is 26.6 Å². The van der Waals surface area contributed by atoms with Gasteiger partial charge in [0.2, 0.25) is 0 Å². The lowest BCUT2D eigenvalue weighted by molar-refractivity contribution is 0.0325. The van der Waals surface area contributed by atoms with Crippen LogP contribution in [0, 0.1) is 17.2 Å². The number of hydrogen-bond donors (Lipinski definition) is 0. The SMILES string of the molecule is CC(C#N)C(C)OCc1cccc(OCCF)c1. The molecule has 3 nitrogen and oxygen atoms in total. The average Bonchev–Trinajstić information content (AvgIpc) is 2.42. The molecule has 0 radical (unpaired) electrons. The van der Waals surface area contributed by atoms with Crippen molar-refractivity contribution in [3.8, 4) is 11.8 Å². The van der Waals surface area contributed by atoms with Crippen LogP contribution in [0.25, 0.3) is 0 Å². The van der Waals surface area contributed by atoms with Crippen LogP contribution in [0.3, 0.4) is 0 Å². The van der Waals surface area contributed by atoms with Crippen molar-refractivity contribution in [3.63, 3.8) is 0 Å². The zero-order chi connectivity index (χ0) is 13.4. The molecule has 0 spiro atoms. The smallest absolute Gasteiger partial charge is 0.123 e. The minimum absolute atomic E-state index is 0.0617. The topological polar surface area (TPSA) is 42.2 Å². The van der Waals surface area contributed by atoms with Crippen molar-refractivity contribution in [3.05, 3.63) is 29.8 Å². The normalized spacial score (nSPS) is 13.7. The second kappa shape index (κ2) is 7.67. The summed E-state index contributed by atoms with van der Waals surface area (Å²) in [5, 5.41) is 8.76. The van der Waals surface area contributed by atoms with Gasteiger partial charge in [-0.15, -0.1) is 0 Å². The van der Waals surface area contributed by atoms with Crippen LogP contribution in [0.4, 0.5) is 4.39 Å². The van der Waals surface area contributed by atoms with E-state index in [1.54, 1.807) is 6.07 Å². The van der Waals surface area contributed by atoms with Gasteiger partial charge in [-0.1, -0.05) is 12.1 Å². The third-order valence-electron chi connectivity index (χ3n) is 2.66. The van der Waals surface area contributed by atoms with E-state index >= 15 is 0 Å². The van der Waals surface area contributed by atoms with Crippen LogP contribution in [-0.4, -0.2) is 19.4 Å². The molecule has 1 rings (SSSR count). The first kappa shape index (κ1) is 14.5. The summed E-state index contributed by atoms with van der Waals surface area (Å²) in [4.78, 5) is 0. The lowest BCUT2D eigenvalue weighted by Crippen LogP contribution is -2.16. The Bertz CT molecular complexity index is 403. The first-order valence-electron chi connectivity index (χ1n) is 5.96. The highest BCUT2D eigenvalue weighted by Gasteiger charge is 2.11. The maximum Gasteiger partial charge on any atom is 0.123 e. The lowest BCUT2D eigenvalue weighted by atomic mass is 10.1. The fraction of sp³-hybridized carbons (Fsp3) is 0.500. The van der Waals surface area contributed by atoms with Gasteiger partial charge >= 0.3 is 0 Å². The van der Waals surface area contributed by atoms with Gasteiger partial charge in [-0.2, -0.15) is 5.26 Å². The van der Waals surface area contributed by atoms with Gasteiger partial charge in [0, 0.05) is 0 Å². The second-order valence-electron chi connectivity index (χ2n) is 4.12. The zero-order valence-electron chi connectivity index (χ0n) is 10.7. The number of nitrogens with zero attached hydrogens (tertiary/aromatic N) is 1. The summed E-state index contributed by atoms with van der Waals surface area (Å²) in [5.41, 5.74) is 0.948. The number of benzene rings is 1. The van der Waals surface area contributed by atoms with E-state index < -0.39 is 6.67 Å². The Kier molecular flexibility index (Phi) is 6.16. The number of hydrogen-bond acceptors (Lipinski definition) is 3. The highest BCUT2D eigenvalue weighted by molar-refractivity contribution is 5.28. The molecule has 4 heteroatoms. The van der Waals surface area contributed by atoms with Crippen LogP contribution in [-0.2, 0) is 11.3 Å². The van der Waals surface area contributed by atoms with Gasteiger partial charge < -0.3 is 9.47 Å². The number of halogens is 1. The minimum Gasteiger partial charge on any atom is -0.491 e. The molecule has 2 unspecified atom stereocenters. The maximum atomic E-state index is 12.0. The van der Waals surface area contributed by atoms with Crippen LogP contribution in [0.2, 0.25) is 0 Å². The summed E-state index contributed by atoms with van der Waals surface area (Å²) < 4.78 is 22.8. The second-order valence-corrected chi connectivity index (χ2v) is 4.12. The Morgan fingerprint density at radius 2 is 2.17 bits per heavy atom. The van der Waals surface area contributed by atoms with Gasteiger partial charge in [0.05, 0.1) is 24.7 Å². The van der Waals surface area contributed by atoms with Crippen molar-refractivity contribution in [2.24, 2.45) is 5.92 Å². The van der Waals surface area contributed by atoms with Gasteiger partial charge in [-0.25, -0.2) is 4.39 Å². The highest BCUT2D eigenvalue weighted by atomic mass is 19.1. The Hall–Kier alpha value is -1.60. The average molecular weight is 251 g/mol. The summed E-state index contributed by atoms with van der Waals surface area (Å²) >= 11 is 0. The number of ether oxygens (including phenoxy) is 2. The predicted molar refractivity (Wildman–Crippen MR) is 66.9 cm³/mol. The molecule has 0 aliphatic heterocycles. The summed E-state index contributed by atoms with van der Waals surface area (Å²) in [6, 6.07) is 9.49. The number of nitriles is 1. The van der Waals surface area contributed by atoms with E-state index in [0.29, 0.717) is 12.4 Å². The minimum atomic E-state index is -0.503. The molecular weight excluding hydrogens is 233 g/mol. The van der Waals surface area contributed by atoms with Crippen molar-refractivity contribution in [2.75, 3.05) is 13.3 Å². The van der Waals surface area contributed by atoms with Gasteiger partial charge in [0.25, 0.3) is 0 Å². The molecule has 98 valence electrons. The van der Waals surface area contributed by atoms with Gasteiger partial charge in [0.1, 0.15) is 19.0 Å². The van der Waals surface area contributed by atoms with Crippen LogP contribution in [0.1, 0.15) is 19.4 Å². The molecule has 18 heavy (non-hydrogen) atoms. The van der Waals surface area contributed by atoms with Crippen molar-refractivity contribution in [1.29, 1.82) is 5.26 Å². The van der Waals surface area contributed by atoms with Crippen LogP contribution < -0.4 is 4.74 Å². The third kappa shape index (κ3) is 4.72. The molecule has 2 atom stereocenters. The van der Waals surface area contributed by atoms with Crippen LogP contribution >= 0.6 is 0 Å². The summed E-state index contributed by atoms with van der Waals surface area (Å²) in [5.74, 6) is 0.491. The molecule has 0 aromatic heterocycles. The molecule has 0 aliphatic carbocycles. The fourth-order valence-corrected chi connectivity index (χ4v) is 1.36. The Balaban J connectivity index is 2.49. The maximum absolute atomic E-state index is 12.0. The Morgan fingerprint density at radius 3 is 2.83 bits per heavy atom. The van der Waals surface area contributed by atoms with Crippen molar-refractivity contribution in [1.82, 2.24) is 0 Å². The third-order valence-corrected chi connectivity index (χ3v) is 2.66. The van der Waals surface area contributed by atoms with Crippen molar-refractivity contribution < 1.29 is 13.9 Å². The summed E-state index contributed by atoms with van der Waals surface area (Å²) in [6.07, 6.45) is -0.120. The number of alkyl halides is 1. The highest BCUT2D eigenvalue weighted by Crippen LogP contribution is 2.16. The molecule has 0 saturated carbocycles. The monoisotopic (exact) mass is 251 g/mol. The van der Waals surface area contributed by atoms with Crippen LogP contribution in [0.5, 0.6) is 5.75 Å². The van der Waals surface area contributed by atoms with E-state index in [1.807, 2.05) is 32.0 Å². The van der Waals surface area contributed by atoms with E-state index in [4.69, 9.17) is 14.7 Å². The Labute approximate surface area is 107 Å². The van der Waals surface area contributed by atoms with E-state index in [9.17, 15) is 4.39 Å². The Morgan fingerprint density at radius 1 is 1.39 bits per heavy atom. The molecule has 0 amide bonds. The van der Waals surface area contributed by atoms with Gasteiger partial charge in [-0.3, -0.25) is 0 Å². The molecule has 0 heterocycles. The standard InChI is InChI=1S/C14H18FNO2/c1-11(9-16)12(2)18-10-13-4-3-5-14(8-13)17-7-6-15/h3-5,8,11-12H,6-7,10H2,1-2H3. The number of rotatable bonds is 7. The molecule has 1 aromatic carbocycles. The summed E-state index contributed by atoms with van der Waals surface area (Å²) in [6.45, 7) is 3.67. The zero-order valence-corrected chi connectivity index (χ0v) is 10.7. The fourth-order valence-electron chi connectivity index (χ4n) is 1.36. The predicted octanol–water partition coefficient (Wildman–Crippen LogP) is 3.10. The quantitative estimate of drug-likeness (QED) is 0.747. The van der Waals surface area contributed by atoms with E-state index in [-0.39, 0.29) is 18.6 Å². The lowest BCUT2D eigenvalue weighted by Gasteiger charge is -2.15. The molecule has 0 aliphatic rings. The molecule has 0 saturated heterocycles.